The van der Waals surface area contributed by atoms with Crippen molar-refractivity contribution in [3.63, 3.8) is 0 Å². The highest BCUT2D eigenvalue weighted by Crippen LogP contribution is 2.23. The Hall–Kier alpha value is -1.32. The van der Waals surface area contributed by atoms with Crippen molar-refractivity contribution in [3.8, 4) is 0 Å². The maximum Gasteiger partial charge on any atom is 0.252 e. The first-order chi connectivity index (χ1) is 8.65. The zero-order valence-electron chi connectivity index (χ0n) is 10.0. The van der Waals surface area contributed by atoms with Crippen molar-refractivity contribution in [2.45, 2.75) is 12.5 Å². The van der Waals surface area contributed by atoms with Gasteiger partial charge in [-0.1, -0.05) is 30.3 Å². The normalized spacial score (nSPS) is 13.9. The Bertz CT molecular complexity index is 512. The molecule has 18 heavy (non-hydrogen) atoms. The van der Waals surface area contributed by atoms with Crippen LogP contribution in [0.15, 0.2) is 47.2 Å². The van der Waals surface area contributed by atoms with Gasteiger partial charge in [-0.25, -0.2) is 0 Å². The molecule has 94 valence electrons. The summed E-state index contributed by atoms with van der Waals surface area (Å²) < 4.78 is 0. The number of hydrogen-bond acceptors (Lipinski definition) is 2. The molecule has 1 unspecified atom stereocenters. The van der Waals surface area contributed by atoms with Gasteiger partial charge < -0.3 is 5.32 Å². The fourth-order valence-corrected chi connectivity index (χ4v) is 2.56. The van der Waals surface area contributed by atoms with E-state index in [2.05, 4.69) is 5.32 Å². The van der Waals surface area contributed by atoms with Gasteiger partial charge in [-0.3, -0.25) is 4.79 Å². The molecule has 2 aromatic rings. The molecule has 1 atom stereocenters. The first kappa shape index (κ1) is 13.1. The molecule has 0 saturated carbocycles. The maximum absolute atomic E-state index is 12.1. The second-order valence-electron chi connectivity index (χ2n) is 4.30. The molecule has 2 rings (SSSR count). The first-order valence-electron chi connectivity index (χ1n) is 5.62. The molecule has 0 aliphatic heterocycles. The lowest BCUT2D eigenvalue weighted by atomic mass is 9.94. The smallest absolute Gasteiger partial charge is 0.252 e. The van der Waals surface area contributed by atoms with Crippen LogP contribution >= 0.6 is 22.9 Å². The third kappa shape index (κ3) is 2.74. The van der Waals surface area contributed by atoms with Crippen LogP contribution in [0.1, 0.15) is 22.8 Å². The fourth-order valence-electron chi connectivity index (χ4n) is 1.71. The summed E-state index contributed by atoms with van der Waals surface area (Å²) in [7, 11) is 0. The zero-order chi connectivity index (χ0) is 13.0. The van der Waals surface area contributed by atoms with Crippen LogP contribution in [0, 0.1) is 0 Å². The molecule has 0 aliphatic carbocycles. The third-order valence-corrected chi connectivity index (χ3v) is 4.07. The van der Waals surface area contributed by atoms with Crippen molar-refractivity contribution in [2.75, 3.05) is 5.88 Å². The number of halogens is 1. The van der Waals surface area contributed by atoms with Gasteiger partial charge in [-0.05, 0) is 23.9 Å². The van der Waals surface area contributed by atoms with Gasteiger partial charge in [0.2, 0.25) is 0 Å². The van der Waals surface area contributed by atoms with Gasteiger partial charge in [0, 0.05) is 11.3 Å². The predicted molar refractivity (Wildman–Crippen MR) is 76.3 cm³/mol. The van der Waals surface area contributed by atoms with E-state index in [1.807, 2.05) is 48.0 Å². The molecule has 2 nitrogen and oxygen atoms in total. The van der Waals surface area contributed by atoms with Crippen LogP contribution in [-0.2, 0) is 5.54 Å². The second kappa shape index (κ2) is 5.55. The molecule has 1 aromatic heterocycles. The Morgan fingerprint density at radius 3 is 2.61 bits per heavy atom. The van der Waals surface area contributed by atoms with Crippen LogP contribution in [0.25, 0.3) is 0 Å². The van der Waals surface area contributed by atoms with E-state index >= 15 is 0 Å². The number of benzene rings is 1. The Morgan fingerprint density at radius 2 is 2.06 bits per heavy atom. The largest absolute Gasteiger partial charge is 0.342 e. The van der Waals surface area contributed by atoms with Crippen molar-refractivity contribution >= 4 is 28.8 Å². The maximum atomic E-state index is 12.1. The minimum Gasteiger partial charge on any atom is -0.342 e. The van der Waals surface area contributed by atoms with E-state index in [0.29, 0.717) is 11.4 Å². The summed E-state index contributed by atoms with van der Waals surface area (Å²) in [5, 5.41) is 6.71. The quantitative estimate of drug-likeness (QED) is 0.851. The number of carbonyl (C=O) groups excluding carboxylic acids is 1. The van der Waals surface area contributed by atoms with Gasteiger partial charge >= 0.3 is 0 Å². The summed E-state index contributed by atoms with van der Waals surface area (Å²) in [4.78, 5) is 12.1. The molecular formula is C14H14ClNOS. The average Bonchev–Trinajstić information content (AvgIpc) is 2.93. The number of thiophene rings is 1. The number of carbonyl (C=O) groups is 1. The molecule has 0 bridgehead atoms. The summed E-state index contributed by atoms with van der Waals surface area (Å²) in [5.41, 5.74) is 1.12. The minimum atomic E-state index is -0.554. The van der Waals surface area contributed by atoms with Gasteiger partial charge in [-0.15, -0.1) is 11.6 Å². The molecule has 0 saturated heterocycles. The molecule has 0 fully saturated rings. The summed E-state index contributed by atoms with van der Waals surface area (Å²) in [6, 6.07) is 11.6. The lowest BCUT2D eigenvalue weighted by molar-refractivity contribution is 0.0913. The van der Waals surface area contributed by atoms with Crippen LogP contribution in [-0.4, -0.2) is 11.8 Å². The van der Waals surface area contributed by atoms with E-state index in [1.165, 1.54) is 11.3 Å². The van der Waals surface area contributed by atoms with Gasteiger partial charge in [-0.2, -0.15) is 11.3 Å². The SMILES string of the molecule is CC(CCl)(NC(=O)c1ccsc1)c1ccccc1. The topological polar surface area (TPSA) is 29.1 Å². The van der Waals surface area contributed by atoms with Crippen LogP contribution in [0.3, 0.4) is 0 Å². The van der Waals surface area contributed by atoms with Crippen molar-refractivity contribution in [1.29, 1.82) is 0 Å². The Labute approximate surface area is 116 Å². The Balaban J connectivity index is 2.21. The number of nitrogens with one attached hydrogen (secondary N) is 1. The Kier molecular flexibility index (Phi) is 4.04. The van der Waals surface area contributed by atoms with Gasteiger partial charge in [0.05, 0.1) is 11.1 Å². The summed E-state index contributed by atoms with van der Waals surface area (Å²) in [5.74, 6) is 0.232. The molecule has 1 aromatic carbocycles. The predicted octanol–water partition coefficient (Wildman–Crippen LogP) is 3.63. The van der Waals surface area contributed by atoms with E-state index in [-0.39, 0.29) is 5.91 Å². The van der Waals surface area contributed by atoms with Gasteiger partial charge in [0.15, 0.2) is 0 Å². The van der Waals surface area contributed by atoms with Crippen molar-refractivity contribution < 1.29 is 4.79 Å². The van der Waals surface area contributed by atoms with Crippen molar-refractivity contribution in [1.82, 2.24) is 5.32 Å². The van der Waals surface area contributed by atoms with E-state index in [1.54, 1.807) is 6.07 Å². The van der Waals surface area contributed by atoms with Crippen molar-refractivity contribution in [3.05, 3.63) is 58.3 Å². The number of amides is 1. The third-order valence-electron chi connectivity index (χ3n) is 2.85. The van der Waals surface area contributed by atoms with E-state index in [4.69, 9.17) is 11.6 Å². The average molecular weight is 280 g/mol. The lowest BCUT2D eigenvalue weighted by Gasteiger charge is -2.29. The van der Waals surface area contributed by atoms with Gasteiger partial charge in [0.1, 0.15) is 0 Å². The molecule has 0 aliphatic rings. The van der Waals surface area contributed by atoms with Crippen LogP contribution in [0.2, 0.25) is 0 Å². The fraction of sp³-hybridized carbons (Fsp3) is 0.214. The monoisotopic (exact) mass is 279 g/mol. The summed E-state index contributed by atoms with van der Waals surface area (Å²) in [6.07, 6.45) is 0. The molecule has 1 N–H and O–H groups in total. The van der Waals surface area contributed by atoms with E-state index < -0.39 is 5.54 Å². The molecule has 1 heterocycles. The summed E-state index contributed by atoms with van der Waals surface area (Å²) >= 11 is 7.54. The van der Waals surface area contributed by atoms with Crippen LogP contribution in [0.5, 0.6) is 0 Å². The number of rotatable bonds is 4. The van der Waals surface area contributed by atoms with Crippen molar-refractivity contribution in [2.24, 2.45) is 0 Å². The van der Waals surface area contributed by atoms with Crippen LogP contribution < -0.4 is 5.32 Å². The molecule has 0 radical (unpaired) electrons. The van der Waals surface area contributed by atoms with E-state index in [0.717, 1.165) is 5.56 Å². The van der Waals surface area contributed by atoms with Crippen LogP contribution in [0.4, 0.5) is 0 Å². The molecule has 4 heteroatoms. The highest BCUT2D eigenvalue weighted by molar-refractivity contribution is 7.08. The zero-order valence-corrected chi connectivity index (χ0v) is 11.6. The molecular weight excluding hydrogens is 266 g/mol. The highest BCUT2D eigenvalue weighted by atomic mass is 35.5. The summed E-state index contributed by atoms with van der Waals surface area (Å²) in [6.45, 7) is 1.93. The second-order valence-corrected chi connectivity index (χ2v) is 5.35. The van der Waals surface area contributed by atoms with E-state index in [9.17, 15) is 4.79 Å². The Morgan fingerprint density at radius 1 is 1.33 bits per heavy atom. The lowest BCUT2D eigenvalue weighted by Crippen LogP contribution is -2.44. The number of alkyl halides is 1. The first-order valence-corrected chi connectivity index (χ1v) is 7.10. The molecule has 0 spiro atoms. The highest BCUT2D eigenvalue weighted by Gasteiger charge is 2.27. The molecule has 1 amide bonds. The van der Waals surface area contributed by atoms with Gasteiger partial charge in [0.25, 0.3) is 5.91 Å². The standard InChI is InChI=1S/C14H14ClNOS/c1-14(10-15,12-5-3-2-4-6-12)16-13(17)11-7-8-18-9-11/h2-9H,10H2,1H3,(H,16,17). The number of hydrogen-bond donors (Lipinski definition) is 1. The minimum absolute atomic E-state index is 0.0942.